The number of morpholine rings is 1. The molecule has 12 heteroatoms. The standard InChI is InChI=1S/C21H15F5N4O3/c1-29-13(31)8-11(10-2-4-27-5-3-10)28-21(29)30-6-7-33-12(9-30)20(32)14-15(22)17(24)19(26)18(25)16(14)23/h2-5,8,12H,6-7,9H2,1H3. The van der Waals surface area contributed by atoms with Crippen molar-refractivity contribution < 1.29 is 31.5 Å². The first-order chi connectivity index (χ1) is 15.7. The van der Waals surface area contributed by atoms with E-state index in [0.29, 0.717) is 11.3 Å². The number of rotatable bonds is 4. The van der Waals surface area contributed by atoms with Crippen molar-refractivity contribution in [2.45, 2.75) is 6.10 Å². The van der Waals surface area contributed by atoms with Crippen molar-refractivity contribution >= 4 is 11.7 Å². The fourth-order valence-corrected chi connectivity index (χ4v) is 3.45. The Morgan fingerprint density at radius 2 is 1.64 bits per heavy atom. The lowest BCUT2D eigenvalue weighted by molar-refractivity contribution is 0.0328. The molecule has 33 heavy (non-hydrogen) atoms. The van der Waals surface area contributed by atoms with Gasteiger partial charge in [-0.25, -0.2) is 26.9 Å². The molecule has 3 aromatic rings. The summed E-state index contributed by atoms with van der Waals surface area (Å²) in [6, 6.07) is 4.58. The normalized spacial score (nSPS) is 16.2. The first kappa shape index (κ1) is 22.5. The lowest BCUT2D eigenvalue weighted by atomic mass is 10.0. The van der Waals surface area contributed by atoms with E-state index in [2.05, 4.69) is 9.97 Å². The quantitative estimate of drug-likeness (QED) is 0.255. The average Bonchev–Trinajstić information content (AvgIpc) is 2.83. The number of carbonyl (C=O) groups is 1. The van der Waals surface area contributed by atoms with Crippen LogP contribution in [0.3, 0.4) is 0 Å². The van der Waals surface area contributed by atoms with E-state index in [-0.39, 0.29) is 25.6 Å². The molecule has 1 unspecified atom stereocenters. The molecule has 0 radical (unpaired) electrons. The number of ether oxygens (including phenoxy) is 1. The van der Waals surface area contributed by atoms with Crippen LogP contribution in [0.1, 0.15) is 10.4 Å². The maximum atomic E-state index is 14.1. The second kappa shape index (κ2) is 8.70. The number of anilines is 1. The van der Waals surface area contributed by atoms with Crippen molar-refractivity contribution in [2.75, 3.05) is 24.6 Å². The number of aromatic nitrogens is 3. The largest absolute Gasteiger partial charge is 0.366 e. The summed E-state index contributed by atoms with van der Waals surface area (Å²) in [6.07, 6.45) is 1.47. The molecule has 0 bridgehead atoms. The highest BCUT2D eigenvalue weighted by Crippen LogP contribution is 2.26. The molecule has 7 nitrogen and oxygen atoms in total. The molecule has 3 heterocycles. The minimum absolute atomic E-state index is 0.124. The van der Waals surface area contributed by atoms with Crippen molar-refractivity contribution in [3.05, 3.63) is 75.6 Å². The Bertz CT molecular complexity index is 1270. The third-order valence-electron chi connectivity index (χ3n) is 5.19. The number of benzene rings is 1. The molecule has 1 fully saturated rings. The number of nitrogens with zero attached hydrogens (tertiary/aromatic N) is 4. The summed E-state index contributed by atoms with van der Waals surface area (Å²) in [5.41, 5.74) is -1.07. The van der Waals surface area contributed by atoms with Crippen LogP contribution >= 0.6 is 0 Å². The van der Waals surface area contributed by atoms with Crippen molar-refractivity contribution in [3.8, 4) is 11.3 Å². The minimum Gasteiger partial charge on any atom is -0.366 e. The zero-order valence-electron chi connectivity index (χ0n) is 17.0. The number of hydrogen-bond acceptors (Lipinski definition) is 6. The molecule has 1 aliphatic heterocycles. The monoisotopic (exact) mass is 466 g/mol. The second-order valence-corrected chi connectivity index (χ2v) is 7.19. The first-order valence-corrected chi connectivity index (χ1v) is 9.61. The number of halogens is 5. The summed E-state index contributed by atoms with van der Waals surface area (Å²) >= 11 is 0. The Hall–Kier alpha value is -3.67. The number of pyridine rings is 1. The lowest BCUT2D eigenvalue weighted by Crippen LogP contribution is -2.48. The summed E-state index contributed by atoms with van der Waals surface area (Å²) in [6.45, 7) is -0.305. The molecule has 1 aliphatic rings. The van der Waals surface area contributed by atoms with Gasteiger partial charge in [-0.3, -0.25) is 19.1 Å². The minimum atomic E-state index is -2.36. The van der Waals surface area contributed by atoms with Crippen molar-refractivity contribution in [3.63, 3.8) is 0 Å². The third-order valence-corrected chi connectivity index (χ3v) is 5.19. The van der Waals surface area contributed by atoms with Crippen LogP contribution in [0.15, 0.2) is 35.4 Å². The van der Waals surface area contributed by atoms with Crippen LogP contribution in [0.2, 0.25) is 0 Å². The van der Waals surface area contributed by atoms with Crippen molar-refractivity contribution in [1.29, 1.82) is 0 Å². The first-order valence-electron chi connectivity index (χ1n) is 9.61. The molecular formula is C21H15F5N4O3. The molecule has 1 aromatic carbocycles. The third kappa shape index (κ3) is 3.97. The Morgan fingerprint density at radius 1 is 1.03 bits per heavy atom. The summed E-state index contributed by atoms with van der Waals surface area (Å²) in [7, 11) is 1.44. The Labute approximate surface area is 183 Å². The van der Waals surface area contributed by atoms with Crippen LogP contribution in [0.25, 0.3) is 11.3 Å². The molecular weight excluding hydrogens is 451 g/mol. The highest BCUT2D eigenvalue weighted by atomic mass is 19.2. The van der Waals surface area contributed by atoms with Crippen LogP contribution < -0.4 is 10.5 Å². The van der Waals surface area contributed by atoms with E-state index in [1.54, 1.807) is 12.1 Å². The Kier molecular flexibility index (Phi) is 5.93. The fourth-order valence-electron chi connectivity index (χ4n) is 3.45. The predicted molar refractivity (Wildman–Crippen MR) is 105 cm³/mol. The number of ketones is 1. The van der Waals surface area contributed by atoms with Crippen LogP contribution in [0.4, 0.5) is 27.9 Å². The highest BCUT2D eigenvalue weighted by molar-refractivity contribution is 6.00. The van der Waals surface area contributed by atoms with E-state index in [1.807, 2.05) is 0 Å². The molecule has 4 rings (SSSR count). The van der Waals surface area contributed by atoms with E-state index in [4.69, 9.17) is 4.74 Å². The van der Waals surface area contributed by atoms with Gasteiger partial charge in [0.25, 0.3) is 5.56 Å². The van der Waals surface area contributed by atoms with Crippen molar-refractivity contribution in [1.82, 2.24) is 14.5 Å². The van der Waals surface area contributed by atoms with E-state index in [1.165, 1.54) is 35.0 Å². The molecule has 172 valence electrons. The van der Waals surface area contributed by atoms with Crippen LogP contribution in [0, 0.1) is 29.1 Å². The molecule has 0 amide bonds. The van der Waals surface area contributed by atoms with Gasteiger partial charge >= 0.3 is 0 Å². The lowest BCUT2D eigenvalue weighted by Gasteiger charge is -2.33. The zero-order valence-corrected chi connectivity index (χ0v) is 17.0. The Balaban J connectivity index is 1.69. The summed E-state index contributed by atoms with van der Waals surface area (Å²) in [5, 5.41) is 0. The van der Waals surface area contributed by atoms with Gasteiger partial charge in [0.2, 0.25) is 11.8 Å². The smallest absolute Gasteiger partial charge is 0.255 e. The molecule has 1 saturated heterocycles. The molecule has 0 spiro atoms. The number of carbonyl (C=O) groups excluding carboxylic acids is 1. The summed E-state index contributed by atoms with van der Waals surface area (Å²) in [4.78, 5) is 35.0. The van der Waals surface area contributed by atoms with E-state index >= 15 is 0 Å². The van der Waals surface area contributed by atoms with Gasteiger partial charge < -0.3 is 9.64 Å². The predicted octanol–water partition coefficient (Wildman–Crippen LogP) is 2.63. The van der Waals surface area contributed by atoms with Gasteiger partial charge in [-0.15, -0.1) is 0 Å². The second-order valence-electron chi connectivity index (χ2n) is 7.19. The van der Waals surface area contributed by atoms with Gasteiger partial charge in [0.05, 0.1) is 24.4 Å². The highest BCUT2D eigenvalue weighted by Gasteiger charge is 2.36. The van der Waals surface area contributed by atoms with E-state index in [9.17, 15) is 31.5 Å². The summed E-state index contributed by atoms with van der Waals surface area (Å²) < 4.78 is 75.1. The fraction of sp³-hybridized carbons (Fsp3) is 0.238. The number of Topliss-reactive ketones (excluding diaryl/α,β-unsaturated/α-hetero) is 1. The maximum Gasteiger partial charge on any atom is 0.255 e. The van der Waals surface area contributed by atoms with Crippen LogP contribution in [0.5, 0.6) is 0 Å². The average molecular weight is 466 g/mol. The van der Waals surface area contributed by atoms with Gasteiger partial charge in [0.15, 0.2) is 29.1 Å². The topological polar surface area (TPSA) is 77.3 Å². The van der Waals surface area contributed by atoms with E-state index in [0.717, 1.165) is 0 Å². The van der Waals surface area contributed by atoms with Gasteiger partial charge in [-0.05, 0) is 12.1 Å². The SMILES string of the molecule is Cn1c(N2CCOC(C(=O)c3c(F)c(F)c(F)c(F)c3F)C2)nc(-c2ccncc2)cc1=O. The van der Waals surface area contributed by atoms with Gasteiger partial charge in [-0.2, -0.15) is 0 Å². The van der Waals surface area contributed by atoms with Gasteiger partial charge in [-0.1, -0.05) is 0 Å². The zero-order chi connectivity index (χ0) is 23.9. The van der Waals surface area contributed by atoms with E-state index < -0.39 is 52.1 Å². The van der Waals surface area contributed by atoms with Crippen LogP contribution in [-0.4, -0.2) is 46.1 Å². The molecule has 0 N–H and O–H groups in total. The van der Waals surface area contributed by atoms with Crippen molar-refractivity contribution in [2.24, 2.45) is 7.05 Å². The maximum absolute atomic E-state index is 14.1. The van der Waals surface area contributed by atoms with Crippen LogP contribution in [-0.2, 0) is 11.8 Å². The Morgan fingerprint density at radius 3 is 2.27 bits per heavy atom. The number of hydrogen-bond donors (Lipinski definition) is 0. The molecule has 0 saturated carbocycles. The molecule has 1 atom stereocenters. The van der Waals surface area contributed by atoms with Gasteiger partial charge in [0, 0.05) is 37.6 Å². The van der Waals surface area contributed by atoms with Gasteiger partial charge in [0.1, 0.15) is 6.10 Å². The molecule has 2 aromatic heterocycles. The molecule has 0 aliphatic carbocycles. The summed E-state index contributed by atoms with van der Waals surface area (Å²) in [5.74, 6) is -12.6.